The van der Waals surface area contributed by atoms with Crippen molar-refractivity contribution >= 4 is 5.91 Å². The van der Waals surface area contributed by atoms with Gasteiger partial charge in [-0.15, -0.1) is 0 Å². The van der Waals surface area contributed by atoms with Gasteiger partial charge in [-0.25, -0.2) is 0 Å². The maximum Gasteiger partial charge on any atom is 0.239 e. The number of fused-ring (bicyclic) bond motifs is 1. The zero-order chi connectivity index (χ0) is 13.2. The molecule has 0 saturated carbocycles. The van der Waals surface area contributed by atoms with Gasteiger partial charge in [-0.3, -0.25) is 10.1 Å². The van der Waals surface area contributed by atoms with E-state index in [1.165, 1.54) is 30.4 Å². The molecule has 3 heteroatoms. The molecule has 1 heterocycles. The fourth-order valence-electron chi connectivity index (χ4n) is 3.31. The van der Waals surface area contributed by atoms with Gasteiger partial charge in [0, 0.05) is 19.6 Å². The minimum absolute atomic E-state index is 0.0150. The van der Waals surface area contributed by atoms with Crippen LogP contribution in [0.5, 0.6) is 0 Å². The molecule has 19 heavy (non-hydrogen) atoms. The summed E-state index contributed by atoms with van der Waals surface area (Å²) >= 11 is 0. The minimum Gasteiger partial charge on any atom is -0.344 e. The predicted octanol–water partition coefficient (Wildman–Crippen LogP) is 2.27. The average molecular weight is 258 g/mol. The van der Waals surface area contributed by atoms with Crippen molar-refractivity contribution in [2.24, 2.45) is 0 Å². The molecule has 1 amide bonds. The number of likely N-dealkylation sites (tertiary alicyclic amines) is 1. The van der Waals surface area contributed by atoms with E-state index in [2.05, 4.69) is 29.6 Å². The molecule has 2 aliphatic rings. The maximum atomic E-state index is 12.0. The molecule has 1 aliphatic heterocycles. The monoisotopic (exact) mass is 258 g/mol. The number of likely N-dealkylation sites (N-methyl/N-ethyl adjacent to an activating group) is 1. The molecule has 3 nitrogen and oxygen atoms in total. The molecule has 2 unspecified atom stereocenters. The van der Waals surface area contributed by atoms with E-state index in [1.807, 2.05) is 11.9 Å². The number of hydrogen-bond acceptors (Lipinski definition) is 2. The number of benzene rings is 1. The Balaban J connectivity index is 1.79. The Hall–Kier alpha value is -1.35. The van der Waals surface area contributed by atoms with Gasteiger partial charge in [0.2, 0.25) is 5.91 Å². The van der Waals surface area contributed by atoms with Crippen LogP contribution in [0.4, 0.5) is 0 Å². The number of carbonyl (C=O) groups is 1. The predicted molar refractivity (Wildman–Crippen MR) is 75.9 cm³/mol. The highest BCUT2D eigenvalue weighted by Crippen LogP contribution is 2.29. The van der Waals surface area contributed by atoms with Crippen molar-refractivity contribution in [1.29, 1.82) is 0 Å². The van der Waals surface area contributed by atoms with Gasteiger partial charge in [0.1, 0.15) is 0 Å². The van der Waals surface area contributed by atoms with Crippen LogP contribution in [-0.2, 0) is 11.2 Å². The Bertz CT molecular complexity index is 472. The molecule has 3 rings (SSSR count). The molecule has 1 N–H and O–H groups in total. The van der Waals surface area contributed by atoms with Gasteiger partial charge in [0.05, 0.1) is 6.04 Å². The third kappa shape index (κ3) is 2.52. The highest BCUT2D eigenvalue weighted by molar-refractivity contribution is 5.83. The highest BCUT2D eigenvalue weighted by atomic mass is 16.2. The first-order valence-electron chi connectivity index (χ1n) is 7.34. The van der Waals surface area contributed by atoms with E-state index in [0.29, 0.717) is 6.04 Å². The van der Waals surface area contributed by atoms with E-state index in [0.717, 1.165) is 19.4 Å². The van der Waals surface area contributed by atoms with Crippen molar-refractivity contribution in [2.45, 2.75) is 44.2 Å². The summed E-state index contributed by atoms with van der Waals surface area (Å²) in [6.45, 7) is 0.880. The summed E-state index contributed by atoms with van der Waals surface area (Å²) in [6.07, 6.45) is 5.75. The summed E-state index contributed by atoms with van der Waals surface area (Å²) in [6, 6.07) is 9.05. The van der Waals surface area contributed by atoms with Crippen LogP contribution < -0.4 is 5.32 Å². The number of carbonyl (C=O) groups excluding carboxylic acids is 1. The number of nitrogens with one attached hydrogen (secondary N) is 1. The van der Waals surface area contributed by atoms with Crippen molar-refractivity contribution in [1.82, 2.24) is 10.2 Å². The molecular formula is C16H22N2O. The molecule has 1 aromatic carbocycles. The van der Waals surface area contributed by atoms with Gasteiger partial charge in [-0.1, -0.05) is 30.7 Å². The van der Waals surface area contributed by atoms with E-state index >= 15 is 0 Å². The van der Waals surface area contributed by atoms with E-state index < -0.39 is 0 Å². The maximum absolute atomic E-state index is 12.0. The van der Waals surface area contributed by atoms with Gasteiger partial charge < -0.3 is 4.90 Å². The van der Waals surface area contributed by atoms with Gasteiger partial charge in [0.15, 0.2) is 0 Å². The first-order chi connectivity index (χ1) is 9.25. The van der Waals surface area contributed by atoms with Crippen molar-refractivity contribution in [3.63, 3.8) is 0 Å². The molecule has 2 atom stereocenters. The van der Waals surface area contributed by atoms with Crippen molar-refractivity contribution in [3.8, 4) is 0 Å². The minimum atomic E-state index is 0.0150. The Kier molecular flexibility index (Phi) is 3.56. The molecule has 1 saturated heterocycles. The molecule has 1 fully saturated rings. The average Bonchev–Trinajstić information content (AvgIpc) is 2.65. The lowest BCUT2D eigenvalue weighted by Crippen LogP contribution is -2.39. The third-order valence-corrected chi connectivity index (χ3v) is 4.45. The summed E-state index contributed by atoms with van der Waals surface area (Å²) in [5.41, 5.74) is 2.86. The summed E-state index contributed by atoms with van der Waals surface area (Å²) in [4.78, 5) is 13.9. The van der Waals surface area contributed by atoms with E-state index in [1.54, 1.807) is 0 Å². The number of rotatable bonds is 2. The summed E-state index contributed by atoms with van der Waals surface area (Å²) in [7, 11) is 1.89. The Labute approximate surface area is 115 Å². The second-order valence-corrected chi connectivity index (χ2v) is 5.76. The number of amides is 1. The first-order valence-corrected chi connectivity index (χ1v) is 7.34. The van der Waals surface area contributed by atoms with Gasteiger partial charge in [-0.05, 0) is 36.8 Å². The van der Waals surface area contributed by atoms with Crippen LogP contribution in [0, 0.1) is 0 Å². The molecule has 102 valence electrons. The van der Waals surface area contributed by atoms with Crippen LogP contribution in [0.1, 0.15) is 42.9 Å². The van der Waals surface area contributed by atoms with Crippen LogP contribution >= 0.6 is 0 Å². The van der Waals surface area contributed by atoms with Gasteiger partial charge >= 0.3 is 0 Å². The summed E-state index contributed by atoms with van der Waals surface area (Å²) in [5, 5.41) is 3.60. The normalized spacial score (nSPS) is 27.2. The second kappa shape index (κ2) is 5.33. The van der Waals surface area contributed by atoms with Crippen molar-refractivity contribution in [2.75, 3.05) is 13.6 Å². The summed E-state index contributed by atoms with van der Waals surface area (Å²) < 4.78 is 0. The molecule has 1 aromatic rings. The van der Waals surface area contributed by atoms with E-state index in [9.17, 15) is 4.79 Å². The zero-order valence-electron chi connectivity index (χ0n) is 11.6. The standard InChI is InChI=1S/C16H22N2O/c1-18-11-10-15(16(18)19)17-14-9-5-3-7-12-6-2-4-8-13(12)14/h2,4,6,8,14-15,17H,3,5,7,9-11H2,1H3. The third-order valence-electron chi connectivity index (χ3n) is 4.45. The van der Waals surface area contributed by atoms with Gasteiger partial charge in [0.25, 0.3) is 0 Å². The number of aryl methyl sites for hydroxylation is 1. The highest BCUT2D eigenvalue weighted by Gasteiger charge is 2.31. The Morgan fingerprint density at radius 1 is 1.16 bits per heavy atom. The molecule has 0 aromatic heterocycles. The lowest BCUT2D eigenvalue weighted by atomic mass is 9.98. The zero-order valence-corrected chi connectivity index (χ0v) is 11.6. The number of nitrogens with zero attached hydrogens (tertiary/aromatic N) is 1. The van der Waals surface area contributed by atoms with Crippen LogP contribution in [0.3, 0.4) is 0 Å². The van der Waals surface area contributed by atoms with Crippen LogP contribution in [0.2, 0.25) is 0 Å². The smallest absolute Gasteiger partial charge is 0.239 e. The Morgan fingerprint density at radius 2 is 2.00 bits per heavy atom. The number of hydrogen-bond donors (Lipinski definition) is 1. The second-order valence-electron chi connectivity index (χ2n) is 5.76. The largest absolute Gasteiger partial charge is 0.344 e. The van der Waals surface area contributed by atoms with E-state index in [4.69, 9.17) is 0 Å². The molecule has 0 spiro atoms. The SMILES string of the molecule is CN1CCC(NC2CCCCc3ccccc32)C1=O. The lowest BCUT2D eigenvalue weighted by molar-refractivity contribution is -0.128. The molecule has 0 radical (unpaired) electrons. The Morgan fingerprint density at radius 3 is 2.79 bits per heavy atom. The first kappa shape index (κ1) is 12.7. The molecule has 1 aliphatic carbocycles. The van der Waals surface area contributed by atoms with E-state index in [-0.39, 0.29) is 11.9 Å². The van der Waals surface area contributed by atoms with Crippen molar-refractivity contribution < 1.29 is 4.79 Å². The van der Waals surface area contributed by atoms with Crippen LogP contribution in [0.15, 0.2) is 24.3 Å². The lowest BCUT2D eigenvalue weighted by Gasteiger charge is -2.23. The molecule has 0 bridgehead atoms. The topological polar surface area (TPSA) is 32.3 Å². The van der Waals surface area contributed by atoms with Crippen LogP contribution in [0.25, 0.3) is 0 Å². The van der Waals surface area contributed by atoms with Gasteiger partial charge in [-0.2, -0.15) is 0 Å². The van der Waals surface area contributed by atoms with Crippen LogP contribution in [-0.4, -0.2) is 30.4 Å². The fourth-order valence-corrected chi connectivity index (χ4v) is 3.31. The summed E-state index contributed by atoms with van der Waals surface area (Å²) in [5.74, 6) is 0.252. The van der Waals surface area contributed by atoms with Crippen molar-refractivity contribution in [3.05, 3.63) is 35.4 Å². The fraction of sp³-hybridized carbons (Fsp3) is 0.562. The molecular weight excluding hydrogens is 236 g/mol. The quantitative estimate of drug-likeness (QED) is 0.825.